The number of rotatable bonds is 4. The highest BCUT2D eigenvalue weighted by molar-refractivity contribution is 6.01. The number of benzene rings is 2. The van der Waals surface area contributed by atoms with Gasteiger partial charge in [0.2, 0.25) is 0 Å². The van der Waals surface area contributed by atoms with Crippen molar-refractivity contribution in [1.82, 2.24) is 4.90 Å². The maximum absolute atomic E-state index is 13.1. The van der Waals surface area contributed by atoms with Crippen LogP contribution in [0.4, 0.5) is 5.69 Å². The molecule has 0 aliphatic carbocycles. The summed E-state index contributed by atoms with van der Waals surface area (Å²) in [5.74, 6) is 0.218. The molecular weight excluding hydrogens is 344 g/mol. The number of methoxy groups -OCH3 is 1. The first-order chi connectivity index (χ1) is 13.2. The van der Waals surface area contributed by atoms with Gasteiger partial charge < -0.3 is 19.4 Å². The van der Waals surface area contributed by atoms with E-state index in [9.17, 15) is 9.59 Å². The molecule has 2 aromatic carbocycles. The van der Waals surface area contributed by atoms with Crippen LogP contribution >= 0.6 is 0 Å². The van der Waals surface area contributed by atoms with Gasteiger partial charge >= 0.3 is 5.97 Å². The van der Waals surface area contributed by atoms with Crippen LogP contribution in [0.1, 0.15) is 38.2 Å². The third-order valence-corrected chi connectivity index (χ3v) is 4.58. The van der Waals surface area contributed by atoms with Crippen LogP contribution in [0.15, 0.2) is 71.3 Å². The molecule has 0 saturated carbocycles. The summed E-state index contributed by atoms with van der Waals surface area (Å²) < 4.78 is 10.2. The molecule has 4 rings (SSSR count). The first-order valence-electron chi connectivity index (χ1n) is 8.54. The fourth-order valence-corrected chi connectivity index (χ4v) is 3.21. The number of furan rings is 1. The van der Waals surface area contributed by atoms with Crippen molar-refractivity contribution in [2.45, 2.75) is 12.7 Å². The Bertz CT molecular complexity index is 964. The van der Waals surface area contributed by atoms with Crippen LogP contribution in [0.2, 0.25) is 0 Å². The second kappa shape index (κ2) is 6.99. The Labute approximate surface area is 156 Å². The lowest BCUT2D eigenvalue weighted by Crippen LogP contribution is -2.42. The van der Waals surface area contributed by atoms with Crippen LogP contribution in [-0.2, 0) is 11.3 Å². The Balaban J connectivity index is 1.71. The summed E-state index contributed by atoms with van der Waals surface area (Å²) in [6, 6.07) is 18.1. The number of carbonyl (C=O) groups excluding carboxylic acids is 2. The van der Waals surface area contributed by atoms with Crippen molar-refractivity contribution in [1.29, 1.82) is 0 Å². The SMILES string of the molecule is COC(=O)c1ccc(C2Nc3ccccc3C(=O)N2Cc2ccco2)cc1. The maximum Gasteiger partial charge on any atom is 0.337 e. The zero-order valence-electron chi connectivity index (χ0n) is 14.7. The van der Waals surface area contributed by atoms with Crippen molar-refractivity contribution >= 4 is 17.6 Å². The van der Waals surface area contributed by atoms with Gasteiger partial charge in [-0.05, 0) is 42.0 Å². The van der Waals surface area contributed by atoms with Gasteiger partial charge in [0.1, 0.15) is 11.9 Å². The van der Waals surface area contributed by atoms with Crippen molar-refractivity contribution < 1.29 is 18.7 Å². The predicted octanol–water partition coefficient (Wildman–Crippen LogP) is 3.83. The number of fused-ring (bicyclic) bond motifs is 1. The number of amides is 1. The molecule has 3 aromatic rings. The minimum absolute atomic E-state index is 0.0807. The summed E-state index contributed by atoms with van der Waals surface area (Å²) in [4.78, 5) is 26.5. The van der Waals surface area contributed by atoms with Crippen molar-refractivity contribution in [3.63, 3.8) is 0 Å². The van der Waals surface area contributed by atoms with E-state index in [4.69, 9.17) is 9.15 Å². The highest BCUT2D eigenvalue weighted by Crippen LogP contribution is 2.34. The van der Waals surface area contributed by atoms with Crippen molar-refractivity contribution in [2.24, 2.45) is 0 Å². The molecule has 1 aliphatic heterocycles. The molecular formula is C21H18N2O4. The van der Waals surface area contributed by atoms with Gasteiger partial charge in [-0.25, -0.2) is 4.79 Å². The van der Waals surface area contributed by atoms with Crippen LogP contribution < -0.4 is 5.32 Å². The number of esters is 1. The van der Waals surface area contributed by atoms with Crippen LogP contribution in [0, 0.1) is 0 Å². The van der Waals surface area contributed by atoms with Crippen molar-refractivity contribution in [2.75, 3.05) is 12.4 Å². The van der Waals surface area contributed by atoms with Crippen molar-refractivity contribution in [3.05, 3.63) is 89.4 Å². The molecule has 0 spiro atoms. The molecule has 1 aromatic heterocycles. The molecule has 0 saturated heterocycles. The molecule has 1 unspecified atom stereocenters. The lowest BCUT2D eigenvalue weighted by atomic mass is 10.0. The Hall–Kier alpha value is -3.54. The largest absolute Gasteiger partial charge is 0.467 e. The Morgan fingerprint density at radius 2 is 1.89 bits per heavy atom. The summed E-state index contributed by atoms with van der Waals surface area (Å²) in [5.41, 5.74) is 2.71. The Kier molecular flexibility index (Phi) is 4.38. The number of hydrogen-bond donors (Lipinski definition) is 1. The van der Waals surface area contributed by atoms with E-state index in [-0.39, 0.29) is 12.1 Å². The minimum Gasteiger partial charge on any atom is -0.467 e. The lowest BCUT2D eigenvalue weighted by Gasteiger charge is -2.37. The third-order valence-electron chi connectivity index (χ3n) is 4.58. The average Bonchev–Trinajstić information content (AvgIpc) is 3.23. The number of hydrogen-bond acceptors (Lipinski definition) is 5. The second-order valence-corrected chi connectivity index (χ2v) is 6.22. The molecule has 2 heterocycles. The van der Waals surface area contributed by atoms with Gasteiger partial charge in [-0.3, -0.25) is 4.79 Å². The summed E-state index contributed by atoms with van der Waals surface area (Å²) in [6.45, 7) is 0.330. The molecule has 1 aliphatic rings. The van der Waals surface area contributed by atoms with Crippen molar-refractivity contribution in [3.8, 4) is 0 Å². The molecule has 1 atom stereocenters. The summed E-state index contributed by atoms with van der Waals surface area (Å²) >= 11 is 0. The molecule has 0 fully saturated rings. The van der Waals surface area contributed by atoms with Crippen LogP contribution in [0.25, 0.3) is 0 Å². The average molecular weight is 362 g/mol. The fraction of sp³-hybridized carbons (Fsp3) is 0.143. The third kappa shape index (κ3) is 3.17. The van der Waals surface area contributed by atoms with E-state index < -0.39 is 5.97 Å². The van der Waals surface area contributed by atoms with E-state index in [1.807, 2.05) is 36.4 Å². The standard InChI is InChI=1S/C21H18N2O4/c1-26-21(25)15-10-8-14(9-11-15)19-22-18-7-3-2-6-17(18)20(24)23(19)13-16-5-4-12-27-16/h2-12,19,22H,13H2,1H3. The van der Waals surface area contributed by atoms with Gasteiger partial charge in [-0.1, -0.05) is 24.3 Å². The molecule has 136 valence electrons. The smallest absolute Gasteiger partial charge is 0.337 e. The van der Waals surface area contributed by atoms with Crippen LogP contribution in [-0.4, -0.2) is 23.9 Å². The summed E-state index contributed by atoms with van der Waals surface area (Å²) in [6.07, 6.45) is 1.20. The lowest BCUT2D eigenvalue weighted by molar-refractivity contribution is 0.0598. The van der Waals surface area contributed by atoms with Gasteiger partial charge in [0, 0.05) is 5.69 Å². The molecule has 1 amide bonds. The number of nitrogens with zero attached hydrogens (tertiary/aromatic N) is 1. The predicted molar refractivity (Wildman–Crippen MR) is 99.2 cm³/mol. The zero-order chi connectivity index (χ0) is 18.8. The number of carbonyl (C=O) groups is 2. The Morgan fingerprint density at radius 3 is 2.59 bits per heavy atom. The fourth-order valence-electron chi connectivity index (χ4n) is 3.21. The van der Waals surface area contributed by atoms with Gasteiger partial charge in [0.25, 0.3) is 5.91 Å². The van der Waals surface area contributed by atoms with E-state index in [2.05, 4.69) is 5.32 Å². The molecule has 27 heavy (non-hydrogen) atoms. The molecule has 0 bridgehead atoms. The number of anilines is 1. The number of nitrogens with one attached hydrogen (secondary N) is 1. The number of ether oxygens (including phenoxy) is 1. The van der Waals surface area contributed by atoms with Crippen LogP contribution in [0.5, 0.6) is 0 Å². The van der Waals surface area contributed by atoms with Gasteiger partial charge in [0.15, 0.2) is 0 Å². The Morgan fingerprint density at radius 1 is 1.11 bits per heavy atom. The van der Waals surface area contributed by atoms with Gasteiger partial charge in [-0.15, -0.1) is 0 Å². The summed E-state index contributed by atoms with van der Waals surface area (Å²) in [7, 11) is 1.35. The second-order valence-electron chi connectivity index (χ2n) is 6.22. The monoisotopic (exact) mass is 362 g/mol. The molecule has 6 heteroatoms. The van der Waals surface area contributed by atoms with E-state index in [0.717, 1.165) is 11.3 Å². The molecule has 0 radical (unpaired) electrons. The minimum atomic E-state index is -0.396. The highest BCUT2D eigenvalue weighted by Gasteiger charge is 2.33. The van der Waals surface area contributed by atoms with E-state index in [1.165, 1.54) is 7.11 Å². The van der Waals surface area contributed by atoms with E-state index in [0.29, 0.717) is 23.4 Å². The quantitative estimate of drug-likeness (QED) is 0.714. The number of para-hydroxylation sites is 1. The first kappa shape index (κ1) is 16.9. The molecule has 6 nitrogen and oxygen atoms in total. The van der Waals surface area contributed by atoms with Gasteiger partial charge in [0.05, 0.1) is 31.0 Å². The zero-order valence-corrected chi connectivity index (χ0v) is 14.7. The van der Waals surface area contributed by atoms with Gasteiger partial charge in [-0.2, -0.15) is 0 Å². The van der Waals surface area contributed by atoms with E-state index in [1.54, 1.807) is 35.4 Å². The normalized spacial score (nSPS) is 15.8. The maximum atomic E-state index is 13.1. The molecule has 1 N–H and O–H groups in total. The highest BCUT2D eigenvalue weighted by atomic mass is 16.5. The van der Waals surface area contributed by atoms with E-state index >= 15 is 0 Å². The summed E-state index contributed by atoms with van der Waals surface area (Å²) in [5, 5.41) is 3.42. The first-order valence-corrected chi connectivity index (χ1v) is 8.54. The van der Waals surface area contributed by atoms with Crippen LogP contribution in [0.3, 0.4) is 0 Å². The topological polar surface area (TPSA) is 71.8 Å².